The Morgan fingerprint density at radius 3 is 2.39 bits per heavy atom. The van der Waals surface area contributed by atoms with Crippen molar-refractivity contribution in [3.8, 4) is 11.4 Å². The number of hydrogen-bond acceptors (Lipinski definition) is 4. The molecule has 0 radical (unpaired) electrons. The molecule has 0 N–H and O–H groups in total. The van der Waals surface area contributed by atoms with E-state index in [0.29, 0.717) is 16.4 Å². The van der Waals surface area contributed by atoms with Crippen LogP contribution in [-0.2, 0) is 22.3 Å². The first-order valence-corrected chi connectivity index (χ1v) is 11.7. The molecule has 2 aromatic carbocycles. The van der Waals surface area contributed by atoms with E-state index in [1.54, 1.807) is 28.8 Å². The molecule has 7 nitrogen and oxygen atoms in total. The van der Waals surface area contributed by atoms with Crippen LogP contribution in [0.15, 0.2) is 53.3 Å². The zero-order chi connectivity index (χ0) is 26.2. The van der Waals surface area contributed by atoms with Crippen molar-refractivity contribution in [2.24, 2.45) is 0 Å². The van der Waals surface area contributed by atoms with Crippen LogP contribution in [0, 0.1) is 0 Å². The lowest BCUT2D eigenvalue weighted by molar-refractivity contribution is -0.138. The van der Waals surface area contributed by atoms with Crippen LogP contribution in [0.2, 0.25) is 5.02 Å². The largest absolute Gasteiger partial charge is 0.416 e. The van der Waals surface area contributed by atoms with E-state index in [1.165, 1.54) is 31.1 Å². The van der Waals surface area contributed by atoms with Crippen LogP contribution in [0.1, 0.15) is 42.3 Å². The number of carbonyl (C=O) groups is 2. The fraction of sp³-hybridized carbons (Fsp3) is 0.360. The van der Waals surface area contributed by atoms with E-state index in [-0.39, 0.29) is 18.0 Å². The van der Waals surface area contributed by atoms with Crippen LogP contribution in [0.25, 0.3) is 11.4 Å². The van der Waals surface area contributed by atoms with Crippen LogP contribution in [0.5, 0.6) is 0 Å². The van der Waals surface area contributed by atoms with Crippen molar-refractivity contribution in [1.82, 2.24) is 19.2 Å². The Morgan fingerprint density at radius 2 is 1.81 bits per heavy atom. The zero-order valence-corrected chi connectivity index (χ0v) is 20.4. The molecular formula is C25H24ClF3N4O3. The first-order valence-electron chi connectivity index (χ1n) is 11.3. The van der Waals surface area contributed by atoms with Gasteiger partial charge in [-0.2, -0.15) is 13.2 Å². The van der Waals surface area contributed by atoms with Gasteiger partial charge in [0.05, 0.1) is 11.5 Å². The number of benzene rings is 2. The summed E-state index contributed by atoms with van der Waals surface area (Å²) in [6, 6.07) is 11.2. The first kappa shape index (κ1) is 25.7. The van der Waals surface area contributed by atoms with Gasteiger partial charge in [-0.1, -0.05) is 29.8 Å². The third-order valence-electron chi connectivity index (χ3n) is 6.00. The second-order valence-corrected chi connectivity index (χ2v) is 9.46. The first-order chi connectivity index (χ1) is 17.0. The Bertz CT molecular complexity index is 1340. The predicted molar refractivity (Wildman–Crippen MR) is 128 cm³/mol. The molecule has 4 rings (SSSR count). The fourth-order valence-corrected chi connectivity index (χ4v) is 4.16. The van der Waals surface area contributed by atoms with Gasteiger partial charge in [0.25, 0.3) is 0 Å². The van der Waals surface area contributed by atoms with Crippen molar-refractivity contribution in [2.45, 2.75) is 43.9 Å². The van der Waals surface area contributed by atoms with Gasteiger partial charge < -0.3 is 4.90 Å². The Labute approximate surface area is 210 Å². The molecule has 1 saturated carbocycles. The minimum absolute atomic E-state index is 0.0137. The van der Waals surface area contributed by atoms with E-state index < -0.39 is 41.6 Å². The molecule has 0 aliphatic heterocycles. The van der Waals surface area contributed by atoms with Crippen molar-refractivity contribution in [1.29, 1.82) is 0 Å². The molecule has 1 aliphatic carbocycles. The summed E-state index contributed by atoms with van der Waals surface area (Å²) >= 11 is 5.97. The summed E-state index contributed by atoms with van der Waals surface area (Å²) in [6.07, 6.45) is -3.34. The molecule has 0 spiro atoms. The summed E-state index contributed by atoms with van der Waals surface area (Å²) in [5.41, 5.74) is -0.616. The molecule has 1 atom stereocenters. The van der Waals surface area contributed by atoms with Gasteiger partial charge in [0.15, 0.2) is 11.6 Å². The van der Waals surface area contributed by atoms with Crippen LogP contribution in [-0.4, -0.2) is 45.0 Å². The molecule has 11 heteroatoms. The molecule has 0 saturated heterocycles. The molecule has 1 aliphatic rings. The van der Waals surface area contributed by atoms with Crippen LogP contribution < -0.4 is 5.69 Å². The van der Waals surface area contributed by atoms with E-state index in [0.717, 1.165) is 29.7 Å². The summed E-state index contributed by atoms with van der Waals surface area (Å²) in [5.74, 6) is -1.74. The summed E-state index contributed by atoms with van der Waals surface area (Å²) in [4.78, 5) is 40.2. The zero-order valence-electron chi connectivity index (χ0n) is 19.6. The average Bonchev–Trinajstić information content (AvgIpc) is 3.61. The van der Waals surface area contributed by atoms with Gasteiger partial charge >= 0.3 is 11.9 Å². The van der Waals surface area contributed by atoms with E-state index in [2.05, 4.69) is 5.10 Å². The monoisotopic (exact) mass is 520 g/mol. The highest BCUT2D eigenvalue weighted by Crippen LogP contribution is 2.37. The van der Waals surface area contributed by atoms with Crippen molar-refractivity contribution >= 4 is 23.3 Å². The number of alkyl halides is 3. The van der Waals surface area contributed by atoms with Crippen LogP contribution in [0.3, 0.4) is 0 Å². The molecule has 1 amide bonds. The maximum Gasteiger partial charge on any atom is 0.416 e. The molecule has 36 heavy (non-hydrogen) atoms. The van der Waals surface area contributed by atoms with E-state index in [4.69, 9.17) is 11.6 Å². The number of ketones is 1. The topological polar surface area (TPSA) is 77.2 Å². The van der Waals surface area contributed by atoms with Gasteiger partial charge in [0.2, 0.25) is 5.91 Å². The summed E-state index contributed by atoms with van der Waals surface area (Å²) in [5, 5.41) is 4.90. The van der Waals surface area contributed by atoms with Crippen molar-refractivity contribution in [3.63, 3.8) is 0 Å². The second-order valence-electron chi connectivity index (χ2n) is 9.02. The fourth-order valence-electron chi connectivity index (χ4n) is 4.03. The number of carbonyl (C=O) groups excluding carboxylic acids is 2. The Hall–Kier alpha value is -3.40. The summed E-state index contributed by atoms with van der Waals surface area (Å²) < 4.78 is 42.3. The second kappa shape index (κ2) is 9.93. The quantitative estimate of drug-likeness (QED) is 0.436. The molecule has 1 unspecified atom stereocenters. The molecule has 3 aromatic rings. The van der Waals surface area contributed by atoms with Crippen molar-refractivity contribution < 1.29 is 22.8 Å². The molecule has 0 bridgehead atoms. The molecule has 190 valence electrons. The molecule has 1 heterocycles. The third-order valence-corrected chi connectivity index (χ3v) is 6.25. The van der Waals surface area contributed by atoms with Gasteiger partial charge in [0.1, 0.15) is 6.54 Å². The lowest BCUT2D eigenvalue weighted by Crippen LogP contribution is -2.32. The number of amides is 1. The number of aromatic nitrogens is 3. The number of nitrogens with zero attached hydrogens (tertiary/aromatic N) is 4. The minimum Gasteiger partial charge on any atom is -0.348 e. The number of hydrogen-bond donors (Lipinski definition) is 0. The Kier molecular flexibility index (Phi) is 7.08. The van der Waals surface area contributed by atoms with Crippen LogP contribution >= 0.6 is 11.6 Å². The third kappa shape index (κ3) is 5.53. The minimum atomic E-state index is -4.59. The molecule has 1 aromatic heterocycles. The Morgan fingerprint density at radius 1 is 1.14 bits per heavy atom. The standard InChI is InChI=1S/C25H24ClF3N4O3/c1-31(2)23(35)21(16-4-3-5-17(12-16)25(27,28)29)13-20(34)14-32-24(36)33(19-10-11-19)22(30-32)15-6-8-18(26)9-7-15/h3-9,12,19,21H,10-11,13-14H2,1-2H3. The lowest BCUT2D eigenvalue weighted by Gasteiger charge is -2.21. The van der Waals surface area contributed by atoms with E-state index in [9.17, 15) is 27.6 Å². The van der Waals surface area contributed by atoms with E-state index >= 15 is 0 Å². The highest BCUT2D eigenvalue weighted by molar-refractivity contribution is 6.30. The van der Waals surface area contributed by atoms with Gasteiger partial charge in [-0.05, 0) is 48.7 Å². The number of Topliss-reactive ketones (excluding diaryl/α,β-unsaturated/α-hetero) is 1. The Balaban J connectivity index is 1.62. The number of halogens is 4. The van der Waals surface area contributed by atoms with Gasteiger partial charge in [-0.3, -0.25) is 14.2 Å². The van der Waals surface area contributed by atoms with Gasteiger partial charge in [0, 0.05) is 37.1 Å². The summed E-state index contributed by atoms with van der Waals surface area (Å²) in [7, 11) is 2.93. The van der Waals surface area contributed by atoms with E-state index in [1.807, 2.05) is 0 Å². The van der Waals surface area contributed by atoms with Crippen molar-refractivity contribution in [3.05, 3.63) is 75.2 Å². The number of likely N-dealkylation sites (N-methyl/N-ethyl adjacent to an activating group) is 1. The predicted octanol–water partition coefficient (Wildman–Crippen LogP) is 4.55. The van der Waals surface area contributed by atoms with Crippen molar-refractivity contribution in [2.75, 3.05) is 14.1 Å². The van der Waals surface area contributed by atoms with Crippen LogP contribution in [0.4, 0.5) is 13.2 Å². The highest BCUT2D eigenvalue weighted by atomic mass is 35.5. The summed E-state index contributed by atoms with van der Waals surface area (Å²) in [6.45, 7) is -0.407. The molecule has 1 fully saturated rings. The lowest BCUT2D eigenvalue weighted by atomic mass is 9.91. The average molecular weight is 521 g/mol. The number of rotatable bonds is 8. The normalized spacial score (nSPS) is 14.5. The maximum absolute atomic E-state index is 13.2. The highest BCUT2D eigenvalue weighted by Gasteiger charge is 2.34. The van der Waals surface area contributed by atoms with Gasteiger partial charge in [-0.15, -0.1) is 5.10 Å². The SMILES string of the molecule is CN(C)C(=O)C(CC(=O)Cn1nc(-c2ccc(Cl)cc2)n(C2CC2)c1=O)c1cccc(C(F)(F)F)c1. The smallest absolute Gasteiger partial charge is 0.348 e. The molecular weight excluding hydrogens is 497 g/mol. The maximum atomic E-state index is 13.2. The van der Waals surface area contributed by atoms with Gasteiger partial charge in [-0.25, -0.2) is 9.48 Å².